The summed E-state index contributed by atoms with van der Waals surface area (Å²) in [6.45, 7) is -0.0249. The van der Waals surface area contributed by atoms with Crippen molar-refractivity contribution in [3.63, 3.8) is 0 Å². The monoisotopic (exact) mass is 262 g/mol. The fraction of sp³-hybridized carbons (Fsp3) is 0.200. The average Bonchev–Trinajstić information content (AvgIpc) is 2.41. The molecule has 0 amide bonds. The largest absolute Gasteiger partial charge is 0.392 e. The summed E-state index contributed by atoms with van der Waals surface area (Å²) in [6, 6.07) is 13.4. The number of benzene rings is 2. The lowest BCUT2D eigenvalue weighted by atomic mass is 10.0. The van der Waals surface area contributed by atoms with Crippen LogP contribution in [-0.2, 0) is 19.6 Å². The Balaban J connectivity index is 2.25. The lowest BCUT2D eigenvalue weighted by molar-refractivity contribution is 0.275. The molecule has 2 aromatic rings. The van der Waals surface area contributed by atoms with Crippen LogP contribution in [0.3, 0.4) is 0 Å². The van der Waals surface area contributed by atoms with Crippen LogP contribution in [0.25, 0.3) is 0 Å². The first-order chi connectivity index (χ1) is 8.71. The van der Waals surface area contributed by atoms with Crippen molar-refractivity contribution >= 4 is 11.6 Å². The van der Waals surface area contributed by atoms with Crippen molar-refractivity contribution in [1.82, 2.24) is 0 Å². The van der Waals surface area contributed by atoms with E-state index in [9.17, 15) is 10.2 Å². The molecule has 2 rings (SSSR count). The summed E-state index contributed by atoms with van der Waals surface area (Å²) in [5.41, 5.74) is 3.88. The molecule has 2 N–H and O–H groups in total. The zero-order chi connectivity index (χ0) is 13.0. The molecule has 0 saturated heterocycles. The minimum absolute atomic E-state index is 0.0124. The maximum absolute atomic E-state index is 9.19. The van der Waals surface area contributed by atoms with Gasteiger partial charge in [0.2, 0.25) is 0 Å². The first-order valence-corrected chi connectivity index (χ1v) is 6.17. The maximum atomic E-state index is 9.19. The van der Waals surface area contributed by atoms with Crippen molar-refractivity contribution in [1.29, 1.82) is 0 Å². The van der Waals surface area contributed by atoms with E-state index < -0.39 is 0 Å². The third kappa shape index (κ3) is 3.33. The highest BCUT2D eigenvalue weighted by Crippen LogP contribution is 2.17. The van der Waals surface area contributed by atoms with Crippen molar-refractivity contribution in [3.8, 4) is 0 Å². The van der Waals surface area contributed by atoms with E-state index in [-0.39, 0.29) is 13.2 Å². The van der Waals surface area contributed by atoms with E-state index in [0.717, 1.165) is 33.7 Å². The van der Waals surface area contributed by atoms with Crippen LogP contribution in [0, 0.1) is 0 Å². The predicted octanol–water partition coefficient (Wildman–Crippen LogP) is 2.92. The van der Waals surface area contributed by atoms with Crippen LogP contribution in [0.5, 0.6) is 0 Å². The Hall–Kier alpha value is -1.35. The van der Waals surface area contributed by atoms with E-state index in [1.54, 1.807) is 0 Å². The van der Waals surface area contributed by atoms with Gasteiger partial charge in [-0.25, -0.2) is 0 Å². The Labute approximate surface area is 111 Å². The van der Waals surface area contributed by atoms with Gasteiger partial charge in [0.15, 0.2) is 0 Å². The van der Waals surface area contributed by atoms with E-state index in [0.29, 0.717) is 0 Å². The van der Waals surface area contributed by atoms with Crippen LogP contribution in [-0.4, -0.2) is 10.2 Å². The van der Waals surface area contributed by atoms with Crippen LogP contribution in [0.1, 0.15) is 22.3 Å². The van der Waals surface area contributed by atoms with Crippen molar-refractivity contribution in [2.24, 2.45) is 0 Å². The van der Waals surface area contributed by atoms with Gasteiger partial charge in [0, 0.05) is 5.02 Å². The highest BCUT2D eigenvalue weighted by Gasteiger charge is 2.02. The molecule has 0 heterocycles. The summed E-state index contributed by atoms with van der Waals surface area (Å²) in [5.74, 6) is 0. The van der Waals surface area contributed by atoms with Gasteiger partial charge in [0.05, 0.1) is 13.2 Å². The molecule has 3 heteroatoms. The third-order valence-corrected chi connectivity index (χ3v) is 3.05. The molecule has 0 aromatic heterocycles. The van der Waals surface area contributed by atoms with E-state index >= 15 is 0 Å². The van der Waals surface area contributed by atoms with Crippen molar-refractivity contribution in [2.45, 2.75) is 19.6 Å². The number of halogens is 1. The second kappa shape index (κ2) is 6.01. The molecular formula is C15H15ClO2. The molecule has 0 unspecified atom stereocenters. The van der Waals surface area contributed by atoms with Gasteiger partial charge in [-0.3, -0.25) is 0 Å². The van der Waals surface area contributed by atoms with E-state index in [4.69, 9.17) is 11.6 Å². The van der Waals surface area contributed by atoms with Crippen molar-refractivity contribution in [3.05, 3.63) is 69.7 Å². The zero-order valence-electron chi connectivity index (χ0n) is 9.94. The molecule has 0 fully saturated rings. The third-order valence-electron chi connectivity index (χ3n) is 2.80. The standard InChI is InChI=1S/C15H15ClO2/c16-15-3-1-11(2-4-15)5-12-6-13(9-17)8-14(7-12)10-18/h1-4,6-8,17-18H,5,9-10H2. The molecule has 2 nitrogen and oxygen atoms in total. The molecule has 0 bridgehead atoms. The molecule has 0 atom stereocenters. The molecule has 94 valence electrons. The summed E-state index contributed by atoms with van der Waals surface area (Å²) in [5, 5.41) is 19.1. The number of hydrogen-bond donors (Lipinski definition) is 2. The van der Waals surface area contributed by atoms with Gasteiger partial charge in [-0.05, 0) is 40.8 Å². The van der Waals surface area contributed by atoms with Gasteiger partial charge in [-0.1, -0.05) is 41.9 Å². The van der Waals surface area contributed by atoms with Gasteiger partial charge in [-0.15, -0.1) is 0 Å². The molecule has 0 aliphatic heterocycles. The van der Waals surface area contributed by atoms with Crippen molar-refractivity contribution < 1.29 is 10.2 Å². The summed E-state index contributed by atoms with van der Waals surface area (Å²) >= 11 is 5.84. The lowest BCUT2D eigenvalue weighted by Gasteiger charge is -2.07. The normalized spacial score (nSPS) is 10.6. The molecule has 0 radical (unpaired) electrons. The van der Waals surface area contributed by atoms with Gasteiger partial charge in [0.1, 0.15) is 0 Å². The van der Waals surface area contributed by atoms with Gasteiger partial charge in [0.25, 0.3) is 0 Å². The Morgan fingerprint density at radius 1 is 0.722 bits per heavy atom. The molecule has 0 saturated carbocycles. The Bertz CT molecular complexity index is 498. The predicted molar refractivity (Wildman–Crippen MR) is 72.5 cm³/mol. The highest BCUT2D eigenvalue weighted by atomic mass is 35.5. The van der Waals surface area contributed by atoms with Crippen LogP contribution >= 0.6 is 11.6 Å². The van der Waals surface area contributed by atoms with Gasteiger partial charge in [-0.2, -0.15) is 0 Å². The van der Waals surface area contributed by atoms with Crippen LogP contribution in [0.4, 0.5) is 0 Å². The fourth-order valence-electron chi connectivity index (χ4n) is 1.96. The summed E-state index contributed by atoms with van der Waals surface area (Å²) in [6.07, 6.45) is 0.762. The molecule has 0 aliphatic carbocycles. The molecule has 2 aromatic carbocycles. The van der Waals surface area contributed by atoms with Crippen molar-refractivity contribution in [2.75, 3.05) is 0 Å². The summed E-state index contributed by atoms with van der Waals surface area (Å²) < 4.78 is 0. The van der Waals surface area contributed by atoms with Gasteiger partial charge < -0.3 is 10.2 Å². The molecule has 0 spiro atoms. The Kier molecular flexibility index (Phi) is 4.37. The number of aliphatic hydroxyl groups excluding tert-OH is 2. The number of aliphatic hydroxyl groups is 2. The topological polar surface area (TPSA) is 40.5 Å². The summed E-state index contributed by atoms with van der Waals surface area (Å²) in [4.78, 5) is 0. The zero-order valence-corrected chi connectivity index (χ0v) is 10.7. The van der Waals surface area contributed by atoms with Crippen LogP contribution in [0.15, 0.2) is 42.5 Å². The average molecular weight is 263 g/mol. The maximum Gasteiger partial charge on any atom is 0.0682 e. The number of hydrogen-bond acceptors (Lipinski definition) is 2. The van der Waals surface area contributed by atoms with Crippen LogP contribution < -0.4 is 0 Å². The first-order valence-electron chi connectivity index (χ1n) is 5.79. The van der Waals surface area contributed by atoms with E-state index in [2.05, 4.69) is 0 Å². The first kappa shape index (κ1) is 13.1. The minimum Gasteiger partial charge on any atom is -0.392 e. The van der Waals surface area contributed by atoms with E-state index in [1.807, 2.05) is 42.5 Å². The molecular weight excluding hydrogens is 248 g/mol. The Morgan fingerprint density at radius 3 is 1.72 bits per heavy atom. The quantitative estimate of drug-likeness (QED) is 0.890. The fourth-order valence-corrected chi connectivity index (χ4v) is 2.09. The van der Waals surface area contributed by atoms with Crippen LogP contribution in [0.2, 0.25) is 5.02 Å². The minimum atomic E-state index is -0.0124. The smallest absolute Gasteiger partial charge is 0.0682 e. The molecule has 18 heavy (non-hydrogen) atoms. The lowest BCUT2D eigenvalue weighted by Crippen LogP contribution is -1.95. The van der Waals surface area contributed by atoms with E-state index in [1.165, 1.54) is 0 Å². The number of rotatable bonds is 4. The SMILES string of the molecule is OCc1cc(CO)cc(Cc2ccc(Cl)cc2)c1. The second-order valence-electron chi connectivity index (χ2n) is 4.28. The highest BCUT2D eigenvalue weighted by molar-refractivity contribution is 6.30. The molecule has 0 aliphatic rings. The summed E-state index contributed by atoms with van der Waals surface area (Å²) in [7, 11) is 0. The second-order valence-corrected chi connectivity index (χ2v) is 4.71. The Morgan fingerprint density at radius 2 is 1.22 bits per heavy atom. The van der Waals surface area contributed by atoms with Gasteiger partial charge >= 0.3 is 0 Å².